The van der Waals surface area contributed by atoms with Gasteiger partial charge in [0.1, 0.15) is 5.60 Å². The van der Waals surface area contributed by atoms with Gasteiger partial charge in [0.05, 0.1) is 18.1 Å². The summed E-state index contributed by atoms with van der Waals surface area (Å²) in [6, 6.07) is 3.80. The zero-order chi connectivity index (χ0) is 16.2. The largest absolute Gasteiger partial charge is 0.383 e. The number of hydrogen-bond donors (Lipinski definition) is 3. The van der Waals surface area contributed by atoms with Crippen molar-refractivity contribution in [3.05, 3.63) is 22.4 Å². The molecule has 1 aliphatic heterocycles. The van der Waals surface area contributed by atoms with Gasteiger partial charge in [-0.05, 0) is 30.7 Å². The number of aliphatic hydroxyl groups is 1. The molecule has 0 aliphatic carbocycles. The van der Waals surface area contributed by atoms with Crippen LogP contribution in [0.4, 0.5) is 0 Å². The molecule has 1 aliphatic rings. The van der Waals surface area contributed by atoms with Gasteiger partial charge >= 0.3 is 0 Å². The summed E-state index contributed by atoms with van der Waals surface area (Å²) in [4.78, 5) is 4.99. The van der Waals surface area contributed by atoms with Crippen molar-refractivity contribution in [1.82, 2.24) is 10.6 Å². The minimum Gasteiger partial charge on any atom is -0.383 e. The molecule has 0 aromatic carbocycles. The highest BCUT2D eigenvalue weighted by atomic mass is 32.2. The number of guanidine groups is 1. The average Bonchev–Trinajstić information content (AvgIpc) is 3.09. The van der Waals surface area contributed by atoms with Crippen molar-refractivity contribution >= 4 is 27.1 Å². The Kier molecular flexibility index (Phi) is 5.46. The first-order chi connectivity index (χ1) is 10.3. The molecule has 1 saturated heterocycles. The average molecular weight is 345 g/mol. The van der Waals surface area contributed by atoms with E-state index in [9.17, 15) is 13.5 Å². The lowest BCUT2D eigenvalue weighted by Crippen LogP contribution is -2.45. The van der Waals surface area contributed by atoms with Gasteiger partial charge < -0.3 is 15.7 Å². The molecule has 0 radical (unpaired) electrons. The van der Waals surface area contributed by atoms with Gasteiger partial charge in [0.15, 0.2) is 15.8 Å². The van der Waals surface area contributed by atoms with E-state index in [4.69, 9.17) is 0 Å². The lowest BCUT2D eigenvalue weighted by molar-refractivity contribution is 0.0655. The zero-order valence-corrected chi connectivity index (χ0v) is 14.5. The van der Waals surface area contributed by atoms with E-state index in [1.54, 1.807) is 14.0 Å². The molecule has 0 saturated carbocycles. The van der Waals surface area contributed by atoms with E-state index >= 15 is 0 Å². The zero-order valence-electron chi connectivity index (χ0n) is 12.9. The first kappa shape index (κ1) is 17.2. The number of nitrogens with zero attached hydrogens (tertiary/aromatic N) is 1. The second kappa shape index (κ2) is 6.97. The van der Waals surface area contributed by atoms with Crippen molar-refractivity contribution in [2.75, 3.05) is 31.6 Å². The molecule has 0 bridgehead atoms. The molecule has 2 rings (SSSR count). The fourth-order valence-electron chi connectivity index (χ4n) is 2.42. The van der Waals surface area contributed by atoms with Crippen LogP contribution in [0.1, 0.15) is 18.2 Å². The SMILES string of the molecule is CN=C(NCC1CCS(=O)(=O)C1)NCC(C)(O)c1cccs1. The van der Waals surface area contributed by atoms with E-state index in [1.165, 1.54) is 11.3 Å². The van der Waals surface area contributed by atoms with Crippen LogP contribution >= 0.6 is 11.3 Å². The summed E-state index contributed by atoms with van der Waals surface area (Å²) in [6.45, 7) is 2.65. The summed E-state index contributed by atoms with van der Waals surface area (Å²) >= 11 is 1.51. The fourth-order valence-corrected chi connectivity index (χ4v) is 5.07. The molecule has 6 nitrogen and oxygen atoms in total. The molecule has 1 fully saturated rings. The highest BCUT2D eigenvalue weighted by molar-refractivity contribution is 7.91. The molecule has 3 N–H and O–H groups in total. The normalized spacial score (nSPS) is 24.0. The fraction of sp³-hybridized carbons (Fsp3) is 0.643. The monoisotopic (exact) mass is 345 g/mol. The van der Waals surface area contributed by atoms with Crippen molar-refractivity contribution < 1.29 is 13.5 Å². The molecule has 1 aromatic rings. The Morgan fingerprint density at radius 1 is 1.55 bits per heavy atom. The van der Waals surface area contributed by atoms with Gasteiger partial charge in [0, 0.05) is 18.5 Å². The smallest absolute Gasteiger partial charge is 0.191 e. The number of sulfone groups is 1. The lowest BCUT2D eigenvalue weighted by atomic mass is 10.1. The van der Waals surface area contributed by atoms with Crippen LogP contribution in [-0.2, 0) is 15.4 Å². The van der Waals surface area contributed by atoms with Gasteiger partial charge in [-0.15, -0.1) is 11.3 Å². The maximum atomic E-state index is 11.4. The molecule has 2 atom stereocenters. The van der Waals surface area contributed by atoms with Crippen LogP contribution < -0.4 is 10.6 Å². The number of rotatable bonds is 5. The maximum absolute atomic E-state index is 11.4. The molecule has 22 heavy (non-hydrogen) atoms. The molecule has 8 heteroatoms. The van der Waals surface area contributed by atoms with Gasteiger partial charge in [0.2, 0.25) is 0 Å². The van der Waals surface area contributed by atoms with Crippen LogP contribution in [0.2, 0.25) is 0 Å². The van der Waals surface area contributed by atoms with Gasteiger partial charge in [-0.25, -0.2) is 8.42 Å². The Morgan fingerprint density at radius 3 is 2.86 bits per heavy atom. The first-order valence-electron chi connectivity index (χ1n) is 7.24. The first-order valence-corrected chi connectivity index (χ1v) is 9.94. The summed E-state index contributed by atoms with van der Waals surface area (Å²) in [5, 5.41) is 18.6. The Morgan fingerprint density at radius 2 is 2.32 bits per heavy atom. The molecular formula is C14H23N3O3S2. The van der Waals surface area contributed by atoms with Crippen molar-refractivity contribution in [3.63, 3.8) is 0 Å². The topological polar surface area (TPSA) is 90.8 Å². The number of thiophene rings is 1. The van der Waals surface area contributed by atoms with Crippen LogP contribution in [0.25, 0.3) is 0 Å². The molecule has 2 heterocycles. The number of hydrogen-bond acceptors (Lipinski definition) is 5. The maximum Gasteiger partial charge on any atom is 0.191 e. The molecule has 0 amide bonds. The predicted molar refractivity (Wildman–Crippen MR) is 90.0 cm³/mol. The molecule has 0 spiro atoms. The minimum atomic E-state index is -2.85. The van der Waals surface area contributed by atoms with E-state index in [-0.39, 0.29) is 17.4 Å². The molecular weight excluding hydrogens is 322 g/mol. The summed E-state index contributed by atoms with van der Waals surface area (Å²) in [5.41, 5.74) is -0.970. The molecule has 124 valence electrons. The summed E-state index contributed by atoms with van der Waals surface area (Å²) in [7, 11) is -1.20. The van der Waals surface area contributed by atoms with Crippen LogP contribution in [0.3, 0.4) is 0 Å². The predicted octanol–water partition coefficient (Wildman–Crippen LogP) is 0.555. The Hall–Kier alpha value is -1.12. The second-order valence-corrected chi connectivity index (χ2v) is 9.00. The van der Waals surface area contributed by atoms with Crippen molar-refractivity contribution in [2.24, 2.45) is 10.9 Å². The van der Waals surface area contributed by atoms with Crippen LogP contribution in [0.15, 0.2) is 22.5 Å². The third-order valence-corrected chi connectivity index (χ3v) is 6.72. The van der Waals surface area contributed by atoms with Crippen molar-refractivity contribution in [1.29, 1.82) is 0 Å². The quantitative estimate of drug-likeness (QED) is 0.536. The standard InChI is InChI=1S/C14H23N3O3S2/c1-14(18,12-4-3-6-21-12)10-17-13(15-2)16-8-11-5-7-22(19,20)9-11/h3-4,6,11,18H,5,7-10H2,1-2H3,(H2,15,16,17). The van der Waals surface area contributed by atoms with Crippen LogP contribution in [0, 0.1) is 5.92 Å². The second-order valence-electron chi connectivity index (χ2n) is 5.83. The highest BCUT2D eigenvalue weighted by Crippen LogP contribution is 2.24. The molecule has 2 unspecified atom stereocenters. The van der Waals surface area contributed by atoms with Crippen molar-refractivity contribution in [3.8, 4) is 0 Å². The van der Waals surface area contributed by atoms with Gasteiger partial charge in [-0.2, -0.15) is 0 Å². The summed E-state index contributed by atoms with van der Waals surface area (Å²) in [6.07, 6.45) is 0.694. The van der Waals surface area contributed by atoms with E-state index in [0.717, 1.165) is 4.88 Å². The van der Waals surface area contributed by atoms with Gasteiger partial charge in [-0.1, -0.05) is 6.07 Å². The summed E-state index contributed by atoms with van der Waals surface area (Å²) in [5.74, 6) is 1.21. The van der Waals surface area contributed by atoms with Crippen LogP contribution in [0.5, 0.6) is 0 Å². The van der Waals surface area contributed by atoms with Gasteiger partial charge in [-0.3, -0.25) is 4.99 Å². The molecule has 1 aromatic heterocycles. The van der Waals surface area contributed by atoms with E-state index in [1.807, 2.05) is 17.5 Å². The third kappa shape index (κ3) is 4.69. The van der Waals surface area contributed by atoms with E-state index in [2.05, 4.69) is 15.6 Å². The highest BCUT2D eigenvalue weighted by Gasteiger charge is 2.28. The number of nitrogens with one attached hydrogen (secondary N) is 2. The van der Waals surface area contributed by atoms with Gasteiger partial charge in [0.25, 0.3) is 0 Å². The van der Waals surface area contributed by atoms with Crippen molar-refractivity contribution in [2.45, 2.75) is 18.9 Å². The lowest BCUT2D eigenvalue weighted by Gasteiger charge is -2.24. The summed E-state index contributed by atoms with van der Waals surface area (Å²) < 4.78 is 22.9. The van der Waals surface area contributed by atoms with E-state index < -0.39 is 15.4 Å². The third-order valence-electron chi connectivity index (χ3n) is 3.76. The number of aliphatic imine (C=N–C) groups is 1. The Bertz CT molecular complexity index is 609. The Labute approximate surface area is 135 Å². The van der Waals surface area contributed by atoms with Crippen LogP contribution in [-0.4, -0.2) is 51.1 Å². The van der Waals surface area contributed by atoms with E-state index in [0.29, 0.717) is 25.5 Å². The minimum absolute atomic E-state index is 0.126. The Balaban J connectivity index is 1.81.